The lowest BCUT2D eigenvalue weighted by atomic mass is 10.2. The van der Waals surface area contributed by atoms with Crippen LogP contribution >= 0.6 is 0 Å². The highest BCUT2D eigenvalue weighted by atomic mass is 32.2. The van der Waals surface area contributed by atoms with Crippen LogP contribution in [-0.2, 0) is 23.1 Å². The largest absolute Gasteiger partial charge is 0.272 e. The number of nitrogens with zero attached hydrogens (tertiary/aromatic N) is 4. The zero-order valence-corrected chi connectivity index (χ0v) is 14.3. The number of rotatable bonds is 7. The summed E-state index contributed by atoms with van der Waals surface area (Å²) in [5.41, 5.74) is 1.47. The average molecular weight is 325 g/mol. The van der Waals surface area contributed by atoms with Gasteiger partial charge in [0.2, 0.25) is 10.0 Å². The molecule has 0 bridgehead atoms. The summed E-state index contributed by atoms with van der Waals surface area (Å²) < 4.78 is 30.8. The first-order valence-corrected chi connectivity index (χ1v) is 8.84. The molecular formula is C14H23N5O2S. The van der Waals surface area contributed by atoms with Gasteiger partial charge in [0.15, 0.2) is 0 Å². The van der Waals surface area contributed by atoms with E-state index in [2.05, 4.69) is 14.9 Å². The minimum absolute atomic E-state index is 0.135. The summed E-state index contributed by atoms with van der Waals surface area (Å²) in [4.78, 5) is 0.247. The molecule has 0 spiro atoms. The second-order valence-corrected chi connectivity index (χ2v) is 7.31. The molecule has 0 fully saturated rings. The Morgan fingerprint density at radius 2 is 2.00 bits per heavy atom. The highest BCUT2D eigenvalue weighted by Crippen LogP contribution is 2.13. The predicted octanol–water partition coefficient (Wildman–Crippen LogP) is 1.33. The second-order valence-electron chi connectivity index (χ2n) is 5.57. The van der Waals surface area contributed by atoms with Crippen LogP contribution < -0.4 is 4.72 Å². The molecule has 0 saturated heterocycles. The van der Waals surface area contributed by atoms with Gasteiger partial charge in [-0.05, 0) is 32.8 Å². The molecule has 2 aromatic heterocycles. The molecule has 1 unspecified atom stereocenters. The SMILES string of the molecule is CCn1cc(S(=O)(=O)NCC(C)Cn2ccc(C)n2)c(C)n1. The predicted molar refractivity (Wildman–Crippen MR) is 84.0 cm³/mol. The van der Waals surface area contributed by atoms with E-state index in [1.165, 1.54) is 0 Å². The number of aromatic nitrogens is 4. The quantitative estimate of drug-likeness (QED) is 0.832. The number of hydrogen-bond donors (Lipinski definition) is 1. The molecular weight excluding hydrogens is 302 g/mol. The molecule has 8 heteroatoms. The topological polar surface area (TPSA) is 81.8 Å². The van der Waals surface area contributed by atoms with Gasteiger partial charge >= 0.3 is 0 Å². The Bertz CT molecular complexity index is 732. The summed E-state index contributed by atoms with van der Waals surface area (Å²) in [5.74, 6) is 0.135. The van der Waals surface area contributed by atoms with Gasteiger partial charge in [-0.1, -0.05) is 6.92 Å². The molecule has 22 heavy (non-hydrogen) atoms. The van der Waals surface area contributed by atoms with Gasteiger partial charge < -0.3 is 0 Å². The maximum atomic E-state index is 12.4. The smallest absolute Gasteiger partial charge is 0.243 e. The molecule has 0 aliphatic carbocycles. The van der Waals surface area contributed by atoms with E-state index in [-0.39, 0.29) is 10.8 Å². The van der Waals surface area contributed by atoms with E-state index in [1.54, 1.807) is 17.8 Å². The maximum absolute atomic E-state index is 12.4. The van der Waals surface area contributed by atoms with Gasteiger partial charge in [-0.3, -0.25) is 9.36 Å². The van der Waals surface area contributed by atoms with Crippen LogP contribution in [0.15, 0.2) is 23.4 Å². The number of sulfonamides is 1. The van der Waals surface area contributed by atoms with Crippen LogP contribution in [0.25, 0.3) is 0 Å². The summed E-state index contributed by atoms with van der Waals surface area (Å²) in [7, 11) is -3.53. The van der Waals surface area contributed by atoms with Crippen LogP contribution in [0.1, 0.15) is 25.2 Å². The van der Waals surface area contributed by atoms with Crippen molar-refractivity contribution in [3.63, 3.8) is 0 Å². The fraction of sp³-hybridized carbons (Fsp3) is 0.571. The molecule has 0 amide bonds. The molecule has 2 rings (SSSR count). The van der Waals surface area contributed by atoms with Crippen LogP contribution in [0.4, 0.5) is 0 Å². The lowest BCUT2D eigenvalue weighted by molar-refractivity contribution is 0.442. The summed E-state index contributed by atoms with van der Waals surface area (Å²) >= 11 is 0. The third-order valence-electron chi connectivity index (χ3n) is 3.41. The minimum atomic E-state index is -3.53. The summed E-state index contributed by atoms with van der Waals surface area (Å²) in [6.45, 7) is 9.22. The highest BCUT2D eigenvalue weighted by Gasteiger charge is 2.20. The van der Waals surface area contributed by atoms with Crippen LogP contribution in [-0.4, -0.2) is 34.5 Å². The van der Waals surface area contributed by atoms with E-state index in [0.717, 1.165) is 5.69 Å². The van der Waals surface area contributed by atoms with Gasteiger partial charge in [-0.25, -0.2) is 13.1 Å². The van der Waals surface area contributed by atoms with Gasteiger partial charge in [0.1, 0.15) is 4.90 Å². The van der Waals surface area contributed by atoms with Crippen LogP contribution in [0, 0.1) is 19.8 Å². The Balaban J connectivity index is 1.98. The Morgan fingerprint density at radius 3 is 2.55 bits per heavy atom. The lowest BCUT2D eigenvalue weighted by Crippen LogP contribution is -2.30. The summed E-state index contributed by atoms with van der Waals surface area (Å²) in [5, 5.41) is 8.48. The Hall–Kier alpha value is -1.67. The van der Waals surface area contributed by atoms with E-state index in [4.69, 9.17) is 0 Å². The van der Waals surface area contributed by atoms with Crippen molar-refractivity contribution in [2.45, 2.75) is 45.7 Å². The normalized spacial score (nSPS) is 13.5. The fourth-order valence-corrected chi connectivity index (χ4v) is 3.55. The third-order valence-corrected chi connectivity index (χ3v) is 4.94. The van der Waals surface area contributed by atoms with Crippen molar-refractivity contribution >= 4 is 10.0 Å². The molecule has 2 aromatic rings. The zero-order chi connectivity index (χ0) is 16.3. The molecule has 0 aliphatic heterocycles. The van der Waals surface area contributed by atoms with Crippen LogP contribution in [0.3, 0.4) is 0 Å². The van der Waals surface area contributed by atoms with E-state index in [1.807, 2.05) is 37.7 Å². The Labute approximate surface area is 131 Å². The molecule has 7 nitrogen and oxygen atoms in total. The number of hydrogen-bond acceptors (Lipinski definition) is 4. The van der Waals surface area contributed by atoms with Crippen molar-refractivity contribution in [2.75, 3.05) is 6.54 Å². The van der Waals surface area contributed by atoms with Gasteiger partial charge in [-0.2, -0.15) is 10.2 Å². The highest BCUT2D eigenvalue weighted by molar-refractivity contribution is 7.89. The van der Waals surface area contributed by atoms with Gasteiger partial charge in [0.05, 0.1) is 11.4 Å². The standard InChI is InChI=1S/C14H23N5O2S/c1-5-18-10-14(13(4)17-18)22(20,21)15-8-11(2)9-19-7-6-12(3)16-19/h6-7,10-11,15H,5,8-9H2,1-4H3. The molecule has 122 valence electrons. The Kier molecular flexibility index (Phi) is 5.02. The number of aryl methyl sites for hydroxylation is 3. The minimum Gasteiger partial charge on any atom is -0.272 e. The average Bonchev–Trinajstić information content (AvgIpc) is 3.03. The third kappa shape index (κ3) is 3.95. The molecule has 0 radical (unpaired) electrons. The van der Waals surface area contributed by atoms with Gasteiger partial charge in [0.25, 0.3) is 0 Å². The molecule has 0 aliphatic rings. The zero-order valence-electron chi connectivity index (χ0n) is 13.4. The van der Waals surface area contributed by atoms with Crippen molar-refractivity contribution in [1.29, 1.82) is 0 Å². The van der Waals surface area contributed by atoms with Crippen LogP contribution in [0.5, 0.6) is 0 Å². The summed E-state index contributed by atoms with van der Waals surface area (Å²) in [6.07, 6.45) is 3.47. The summed E-state index contributed by atoms with van der Waals surface area (Å²) in [6, 6.07) is 1.93. The molecule has 2 heterocycles. The maximum Gasteiger partial charge on any atom is 0.243 e. The van der Waals surface area contributed by atoms with E-state index in [0.29, 0.717) is 25.3 Å². The number of nitrogens with one attached hydrogen (secondary N) is 1. The van der Waals surface area contributed by atoms with Crippen molar-refractivity contribution < 1.29 is 8.42 Å². The van der Waals surface area contributed by atoms with Crippen molar-refractivity contribution in [1.82, 2.24) is 24.3 Å². The van der Waals surface area contributed by atoms with Gasteiger partial charge in [0, 0.05) is 32.0 Å². The monoisotopic (exact) mass is 325 g/mol. The molecule has 0 aromatic carbocycles. The molecule has 1 N–H and O–H groups in total. The molecule has 1 atom stereocenters. The van der Waals surface area contributed by atoms with E-state index >= 15 is 0 Å². The van der Waals surface area contributed by atoms with Crippen molar-refractivity contribution in [3.05, 3.63) is 29.8 Å². The van der Waals surface area contributed by atoms with Crippen molar-refractivity contribution in [2.24, 2.45) is 5.92 Å². The van der Waals surface area contributed by atoms with E-state index < -0.39 is 10.0 Å². The lowest BCUT2D eigenvalue weighted by Gasteiger charge is -2.12. The molecule has 0 saturated carbocycles. The fourth-order valence-electron chi connectivity index (χ4n) is 2.20. The first kappa shape index (κ1) is 16.7. The first-order chi connectivity index (χ1) is 10.3. The first-order valence-electron chi connectivity index (χ1n) is 7.35. The Morgan fingerprint density at radius 1 is 1.27 bits per heavy atom. The second kappa shape index (κ2) is 6.62. The van der Waals surface area contributed by atoms with Gasteiger partial charge in [-0.15, -0.1) is 0 Å². The van der Waals surface area contributed by atoms with Crippen LogP contribution in [0.2, 0.25) is 0 Å². The van der Waals surface area contributed by atoms with Crippen molar-refractivity contribution in [3.8, 4) is 0 Å². The van der Waals surface area contributed by atoms with E-state index in [9.17, 15) is 8.42 Å².